The molecule has 1 N–H and O–H groups in total. The molecule has 1 aromatic heterocycles. The van der Waals surface area contributed by atoms with E-state index >= 15 is 0 Å². The van der Waals surface area contributed by atoms with Crippen LogP contribution in [0.3, 0.4) is 0 Å². The summed E-state index contributed by atoms with van der Waals surface area (Å²) in [7, 11) is 3.14. The molecule has 1 amide bonds. The Kier molecular flexibility index (Phi) is 8.85. The standard InChI is InChI=1S/C33H30N4O7/c1-43-29-15-12-22(19-30(29)44-2)16-17-34-31(38)25-13-10-23(11-14-25)20-36-32(39)27-8-3-4-9-28(27)35(33(36)40)21-24-6-5-7-26(18-24)37(41)42/h3-15,18-19H,16-17,20-21H2,1-2H3,(H,34,38). The maximum absolute atomic E-state index is 13.6. The number of non-ortho nitro benzene ring substituents is 1. The summed E-state index contributed by atoms with van der Waals surface area (Å²) in [6.07, 6.45) is 0.595. The molecule has 0 spiro atoms. The Balaban J connectivity index is 1.33. The molecule has 1 heterocycles. The highest BCUT2D eigenvalue weighted by Gasteiger charge is 2.15. The van der Waals surface area contributed by atoms with Crippen LogP contribution in [0.1, 0.15) is 27.0 Å². The van der Waals surface area contributed by atoms with E-state index in [2.05, 4.69) is 5.32 Å². The minimum atomic E-state index is -0.544. The van der Waals surface area contributed by atoms with Crippen molar-refractivity contribution in [3.63, 3.8) is 0 Å². The van der Waals surface area contributed by atoms with E-state index in [1.165, 1.54) is 16.7 Å². The topological polar surface area (TPSA) is 135 Å². The molecule has 11 nitrogen and oxygen atoms in total. The summed E-state index contributed by atoms with van der Waals surface area (Å²) >= 11 is 0. The molecule has 224 valence electrons. The summed E-state index contributed by atoms with van der Waals surface area (Å²) in [5.74, 6) is 1.00. The van der Waals surface area contributed by atoms with Gasteiger partial charge in [-0.3, -0.25) is 28.8 Å². The van der Waals surface area contributed by atoms with Crippen LogP contribution in [-0.2, 0) is 19.5 Å². The molecule has 0 bridgehead atoms. The number of nitro groups is 1. The van der Waals surface area contributed by atoms with Crippen molar-refractivity contribution in [1.29, 1.82) is 0 Å². The molecule has 11 heteroatoms. The van der Waals surface area contributed by atoms with Crippen molar-refractivity contribution in [3.05, 3.63) is 144 Å². The average molecular weight is 595 g/mol. The largest absolute Gasteiger partial charge is 0.493 e. The second-order valence-corrected chi connectivity index (χ2v) is 10.1. The van der Waals surface area contributed by atoms with E-state index in [9.17, 15) is 24.5 Å². The second kappa shape index (κ2) is 13.1. The number of benzene rings is 4. The highest BCUT2D eigenvalue weighted by atomic mass is 16.6. The number of fused-ring (bicyclic) bond motifs is 1. The maximum atomic E-state index is 13.6. The van der Waals surface area contributed by atoms with E-state index in [1.807, 2.05) is 18.2 Å². The lowest BCUT2D eigenvalue weighted by Gasteiger charge is -2.14. The summed E-state index contributed by atoms with van der Waals surface area (Å²) in [6.45, 7) is 0.440. The van der Waals surface area contributed by atoms with Crippen molar-refractivity contribution in [2.45, 2.75) is 19.5 Å². The zero-order valence-electron chi connectivity index (χ0n) is 24.2. The van der Waals surface area contributed by atoms with Crippen LogP contribution in [-0.4, -0.2) is 40.7 Å². The van der Waals surface area contributed by atoms with Crippen molar-refractivity contribution >= 4 is 22.5 Å². The van der Waals surface area contributed by atoms with E-state index in [1.54, 1.807) is 74.9 Å². The summed E-state index contributed by atoms with van der Waals surface area (Å²) < 4.78 is 13.2. The molecular weight excluding hydrogens is 564 g/mol. The number of carbonyl (C=O) groups is 1. The SMILES string of the molecule is COc1ccc(CCNC(=O)c2ccc(Cn3c(=O)c4ccccc4n(Cc4cccc([N+](=O)[O-])c4)c3=O)cc2)cc1OC. The number of hydrogen-bond acceptors (Lipinski definition) is 7. The summed E-state index contributed by atoms with van der Waals surface area (Å²) in [5.41, 5.74) is 1.99. The van der Waals surface area contributed by atoms with Crippen molar-refractivity contribution < 1.29 is 19.2 Å². The van der Waals surface area contributed by atoms with Gasteiger partial charge in [0.1, 0.15) is 0 Å². The second-order valence-electron chi connectivity index (χ2n) is 10.1. The molecule has 0 aliphatic carbocycles. The molecule has 0 atom stereocenters. The molecule has 0 saturated carbocycles. The van der Waals surface area contributed by atoms with Crippen molar-refractivity contribution in [1.82, 2.24) is 14.5 Å². The van der Waals surface area contributed by atoms with E-state index in [0.29, 0.717) is 52.1 Å². The fourth-order valence-corrected chi connectivity index (χ4v) is 5.02. The van der Waals surface area contributed by atoms with E-state index in [0.717, 1.165) is 10.1 Å². The van der Waals surface area contributed by atoms with E-state index < -0.39 is 16.2 Å². The highest BCUT2D eigenvalue weighted by molar-refractivity contribution is 5.94. The van der Waals surface area contributed by atoms with Crippen LogP contribution in [0.5, 0.6) is 11.5 Å². The maximum Gasteiger partial charge on any atom is 0.332 e. The quantitative estimate of drug-likeness (QED) is 0.179. The predicted octanol–water partition coefficient (Wildman–Crippen LogP) is 4.16. The first-order chi connectivity index (χ1) is 21.3. The average Bonchev–Trinajstić information content (AvgIpc) is 3.05. The van der Waals surface area contributed by atoms with Crippen LogP contribution in [0, 0.1) is 10.1 Å². The number of nitrogens with zero attached hydrogens (tertiary/aromatic N) is 3. The van der Waals surface area contributed by atoms with Gasteiger partial charge >= 0.3 is 5.69 Å². The van der Waals surface area contributed by atoms with Crippen LogP contribution in [0.25, 0.3) is 10.9 Å². The Morgan fingerprint density at radius 1 is 0.795 bits per heavy atom. The van der Waals surface area contributed by atoms with Gasteiger partial charge in [0.05, 0.1) is 43.1 Å². The molecule has 0 radical (unpaired) electrons. The molecule has 0 saturated heterocycles. The van der Waals surface area contributed by atoms with Crippen LogP contribution in [0.15, 0.2) is 101 Å². The normalized spacial score (nSPS) is 10.9. The molecule has 0 fully saturated rings. The number of nitrogens with one attached hydrogen (secondary N) is 1. The summed E-state index contributed by atoms with van der Waals surface area (Å²) in [6, 6.07) is 25.1. The third kappa shape index (κ3) is 6.36. The minimum absolute atomic E-state index is 0.0152. The van der Waals surface area contributed by atoms with Gasteiger partial charge in [0.15, 0.2) is 11.5 Å². The highest BCUT2D eigenvalue weighted by Crippen LogP contribution is 2.27. The van der Waals surface area contributed by atoms with Gasteiger partial charge in [0, 0.05) is 24.2 Å². The smallest absolute Gasteiger partial charge is 0.332 e. The van der Waals surface area contributed by atoms with Gasteiger partial charge < -0.3 is 14.8 Å². The van der Waals surface area contributed by atoms with Gasteiger partial charge in [0.2, 0.25) is 0 Å². The molecule has 5 aromatic rings. The first-order valence-corrected chi connectivity index (χ1v) is 13.8. The Morgan fingerprint density at radius 2 is 1.50 bits per heavy atom. The number of methoxy groups -OCH3 is 2. The van der Waals surface area contributed by atoms with Crippen molar-refractivity contribution in [3.8, 4) is 11.5 Å². The zero-order valence-corrected chi connectivity index (χ0v) is 24.2. The minimum Gasteiger partial charge on any atom is -0.493 e. The molecule has 0 aliphatic heterocycles. The van der Waals surface area contributed by atoms with Crippen LogP contribution < -0.4 is 26.0 Å². The lowest BCUT2D eigenvalue weighted by Crippen LogP contribution is -2.40. The number of amides is 1. The number of ether oxygens (including phenoxy) is 2. The van der Waals surface area contributed by atoms with Gasteiger partial charge in [-0.05, 0) is 59.5 Å². The van der Waals surface area contributed by atoms with Crippen molar-refractivity contribution in [2.75, 3.05) is 20.8 Å². The molecule has 0 aliphatic rings. The van der Waals surface area contributed by atoms with Gasteiger partial charge in [-0.25, -0.2) is 4.79 Å². The lowest BCUT2D eigenvalue weighted by molar-refractivity contribution is -0.384. The number of aromatic nitrogens is 2. The van der Waals surface area contributed by atoms with Crippen LogP contribution in [0.4, 0.5) is 5.69 Å². The van der Waals surface area contributed by atoms with Crippen LogP contribution >= 0.6 is 0 Å². The Hall–Kier alpha value is -5.71. The number of carbonyl (C=O) groups excluding carboxylic acids is 1. The van der Waals surface area contributed by atoms with Crippen molar-refractivity contribution in [2.24, 2.45) is 0 Å². The summed E-state index contributed by atoms with van der Waals surface area (Å²) in [5, 5.41) is 14.5. The first kappa shape index (κ1) is 29.8. The zero-order chi connectivity index (χ0) is 31.2. The Morgan fingerprint density at radius 3 is 2.23 bits per heavy atom. The summed E-state index contributed by atoms with van der Waals surface area (Å²) in [4.78, 5) is 50.5. The molecule has 44 heavy (non-hydrogen) atoms. The van der Waals surface area contributed by atoms with Gasteiger partial charge in [-0.1, -0.05) is 42.5 Å². The predicted molar refractivity (Wildman–Crippen MR) is 166 cm³/mol. The molecule has 4 aromatic carbocycles. The number of hydrogen-bond donors (Lipinski definition) is 1. The first-order valence-electron chi connectivity index (χ1n) is 13.8. The number of nitro benzene ring substituents is 1. The monoisotopic (exact) mass is 594 g/mol. The number of para-hydroxylation sites is 1. The molecular formula is C33H30N4O7. The molecule has 0 unspecified atom stereocenters. The Bertz CT molecular complexity index is 1960. The third-order valence-electron chi connectivity index (χ3n) is 7.30. The van der Waals surface area contributed by atoms with Gasteiger partial charge in [-0.15, -0.1) is 0 Å². The van der Waals surface area contributed by atoms with E-state index in [4.69, 9.17) is 9.47 Å². The lowest BCUT2D eigenvalue weighted by atomic mass is 10.1. The fraction of sp³-hybridized carbons (Fsp3) is 0.182. The fourth-order valence-electron chi connectivity index (χ4n) is 5.02. The van der Waals surface area contributed by atoms with Crippen LogP contribution in [0.2, 0.25) is 0 Å². The Labute approximate surface area is 252 Å². The van der Waals surface area contributed by atoms with Gasteiger partial charge in [-0.2, -0.15) is 0 Å². The van der Waals surface area contributed by atoms with E-state index in [-0.39, 0.29) is 24.7 Å². The molecule has 5 rings (SSSR count). The number of rotatable bonds is 11. The van der Waals surface area contributed by atoms with Gasteiger partial charge in [0.25, 0.3) is 17.2 Å². The third-order valence-corrected chi connectivity index (χ3v) is 7.30.